The zero-order valence-electron chi connectivity index (χ0n) is 36.5. The Labute approximate surface area is 386 Å². The molecule has 6 rings (SSSR count). The van der Waals surface area contributed by atoms with Crippen molar-refractivity contribution in [2.45, 2.75) is 198 Å². The first-order valence-corrected chi connectivity index (χ1v) is 22.0. The Bertz CT molecular complexity index is 1520. The number of aliphatic hydroxyl groups is 18. The van der Waals surface area contributed by atoms with E-state index in [0.29, 0.717) is 0 Å². The summed E-state index contributed by atoms with van der Waals surface area (Å²) in [5.74, 6) is 0. The number of ether oxygens (including phenoxy) is 12. The molecule has 398 valence electrons. The van der Waals surface area contributed by atoms with Crippen molar-refractivity contribution in [1.82, 2.24) is 0 Å². The first kappa shape index (κ1) is 56.1. The van der Waals surface area contributed by atoms with E-state index in [1.165, 1.54) is 6.92 Å². The molecule has 0 radical (unpaired) electrons. The van der Waals surface area contributed by atoms with Crippen LogP contribution in [0.25, 0.3) is 0 Å². The Morgan fingerprint density at radius 1 is 0.294 bits per heavy atom. The Balaban J connectivity index is 1.29. The Morgan fingerprint density at radius 2 is 0.588 bits per heavy atom. The number of hydrogen-bond acceptors (Lipinski definition) is 30. The van der Waals surface area contributed by atoms with Crippen LogP contribution in [0.2, 0.25) is 0 Å². The van der Waals surface area contributed by atoms with E-state index in [0.717, 1.165) is 0 Å². The van der Waals surface area contributed by atoms with Crippen LogP contribution in [-0.4, -0.2) is 316 Å². The molecule has 6 fully saturated rings. The lowest BCUT2D eigenvalue weighted by atomic mass is 9.95. The number of aliphatic hydroxyl groups excluding tert-OH is 18. The highest BCUT2D eigenvalue weighted by molar-refractivity contribution is 5.00. The highest BCUT2D eigenvalue weighted by Gasteiger charge is 2.58. The van der Waals surface area contributed by atoms with Gasteiger partial charge in [-0.2, -0.15) is 0 Å². The number of hydrogen-bond donors (Lipinski definition) is 18. The third-order valence-electron chi connectivity index (χ3n) is 12.7. The van der Waals surface area contributed by atoms with Crippen molar-refractivity contribution in [1.29, 1.82) is 0 Å². The molecule has 0 spiro atoms. The van der Waals surface area contributed by atoms with Crippen LogP contribution >= 0.6 is 0 Å². The second-order valence-corrected chi connectivity index (χ2v) is 17.2. The van der Waals surface area contributed by atoms with E-state index < -0.39 is 217 Å². The minimum atomic E-state index is -2.25. The third-order valence-corrected chi connectivity index (χ3v) is 12.7. The molecule has 18 N–H and O–H groups in total. The van der Waals surface area contributed by atoms with Crippen molar-refractivity contribution >= 4 is 0 Å². The minimum Gasteiger partial charge on any atom is -0.394 e. The normalized spacial score (nSPS) is 52.8. The first-order chi connectivity index (χ1) is 32.3. The maximum Gasteiger partial charge on any atom is 0.187 e. The lowest BCUT2D eigenvalue weighted by Crippen LogP contribution is -2.69. The van der Waals surface area contributed by atoms with Gasteiger partial charge in [-0.3, -0.25) is 0 Å². The molecule has 0 aromatic heterocycles. The number of rotatable bonds is 17. The quantitative estimate of drug-likeness (QED) is 0.0643. The van der Waals surface area contributed by atoms with E-state index in [-0.39, 0.29) is 6.61 Å². The molecule has 0 bridgehead atoms. The van der Waals surface area contributed by atoms with Gasteiger partial charge in [0.15, 0.2) is 37.7 Å². The summed E-state index contributed by atoms with van der Waals surface area (Å²) in [6.07, 6.45) is -56.5. The van der Waals surface area contributed by atoms with Crippen LogP contribution in [0, 0.1) is 0 Å². The molecule has 30 atom stereocenters. The highest BCUT2D eigenvalue weighted by Crippen LogP contribution is 2.38. The van der Waals surface area contributed by atoms with Crippen LogP contribution in [0.1, 0.15) is 13.8 Å². The molecular formula is C38H66O30. The topological polar surface area (TPSA) is 475 Å². The van der Waals surface area contributed by atoms with Crippen molar-refractivity contribution in [2.24, 2.45) is 0 Å². The summed E-state index contributed by atoms with van der Waals surface area (Å²) in [6.45, 7) is -1.78. The van der Waals surface area contributed by atoms with Gasteiger partial charge < -0.3 is 149 Å². The lowest BCUT2D eigenvalue weighted by Gasteiger charge is -2.51. The average Bonchev–Trinajstić information content (AvgIpc) is 3.32. The molecule has 0 aromatic carbocycles. The van der Waals surface area contributed by atoms with Gasteiger partial charge in [0.05, 0.1) is 39.1 Å². The smallest absolute Gasteiger partial charge is 0.187 e. The summed E-state index contributed by atoms with van der Waals surface area (Å²) in [4.78, 5) is 0. The molecule has 0 aliphatic carbocycles. The van der Waals surface area contributed by atoms with E-state index in [9.17, 15) is 91.9 Å². The van der Waals surface area contributed by atoms with Crippen molar-refractivity contribution < 1.29 is 149 Å². The summed E-state index contributed by atoms with van der Waals surface area (Å²) in [7, 11) is 0. The molecule has 30 heteroatoms. The fourth-order valence-electron chi connectivity index (χ4n) is 8.70. The fraction of sp³-hybridized carbons (Fsp3) is 1.00. The fourth-order valence-corrected chi connectivity index (χ4v) is 8.70. The van der Waals surface area contributed by atoms with Gasteiger partial charge in [0.1, 0.15) is 140 Å². The Morgan fingerprint density at radius 3 is 1.01 bits per heavy atom. The van der Waals surface area contributed by atoms with Gasteiger partial charge in [-0.25, -0.2) is 0 Å². The summed E-state index contributed by atoms with van der Waals surface area (Å²) in [5.41, 5.74) is 0. The molecule has 0 amide bonds. The predicted octanol–water partition coefficient (Wildman–Crippen LogP) is -12.0. The molecule has 6 heterocycles. The van der Waals surface area contributed by atoms with E-state index >= 15 is 0 Å². The van der Waals surface area contributed by atoms with Crippen LogP contribution in [0.4, 0.5) is 0 Å². The summed E-state index contributed by atoms with van der Waals surface area (Å²) in [6, 6.07) is 0. The monoisotopic (exact) mass is 1000 g/mol. The van der Waals surface area contributed by atoms with Crippen LogP contribution in [0.3, 0.4) is 0 Å². The van der Waals surface area contributed by atoms with Crippen molar-refractivity contribution in [2.75, 3.05) is 39.6 Å². The molecule has 30 nitrogen and oxygen atoms in total. The van der Waals surface area contributed by atoms with Gasteiger partial charge in [-0.05, 0) is 13.8 Å². The van der Waals surface area contributed by atoms with E-state index in [1.54, 1.807) is 6.92 Å². The van der Waals surface area contributed by atoms with Gasteiger partial charge >= 0.3 is 0 Å². The molecule has 0 saturated carbocycles. The van der Waals surface area contributed by atoms with Gasteiger partial charge in [-0.1, -0.05) is 0 Å². The van der Waals surface area contributed by atoms with E-state index in [1.807, 2.05) is 0 Å². The molecule has 12 unspecified atom stereocenters. The summed E-state index contributed by atoms with van der Waals surface area (Å²) in [5, 5.41) is 193. The van der Waals surface area contributed by atoms with Gasteiger partial charge in [0, 0.05) is 6.61 Å². The van der Waals surface area contributed by atoms with Gasteiger partial charge in [-0.15, -0.1) is 0 Å². The van der Waals surface area contributed by atoms with Crippen LogP contribution < -0.4 is 0 Å². The molecule has 68 heavy (non-hydrogen) atoms. The molecular weight excluding hydrogens is 936 g/mol. The average molecular weight is 1000 g/mol. The minimum absolute atomic E-state index is 0.0294. The maximum absolute atomic E-state index is 11.8. The molecule has 6 aliphatic rings. The predicted molar refractivity (Wildman–Crippen MR) is 207 cm³/mol. The molecule has 0 aromatic rings. The largest absolute Gasteiger partial charge is 0.394 e. The zero-order valence-corrected chi connectivity index (χ0v) is 36.5. The van der Waals surface area contributed by atoms with Crippen molar-refractivity contribution in [3.8, 4) is 0 Å². The van der Waals surface area contributed by atoms with Crippen molar-refractivity contribution in [3.05, 3.63) is 0 Å². The first-order valence-electron chi connectivity index (χ1n) is 22.0. The van der Waals surface area contributed by atoms with Gasteiger partial charge in [0.2, 0.25) is 0 Å². The second kappa shape index (κ2) is 24.2. The maximum atomic E-state index is 11.8. The van der Waals surface area contributed by atoms with Crippen LogP contribution in [0.5, 0.6) is 0 Å². The lowest BCUT2D eigenvalue weighted by molar-refractivity contribution is -0.410. The molecule has 6 aliphatic heterocycles. The van der Waals surface area contributed by atoms with E-state index in [4.69, 9.17) is 56.8 Å². The Kier molecular flexibility index (Phi) is 20.0. The summed E-state index contributed by atoms with van der Waals surface area (Å²) >= 11 is 0. The zero-order chi connectivity index (χ0) is 50.0. The van der Waals surface area contributed by atoms with Gasteiger partial charge in [0.25, 0.3) is 0 Å². The SMILES string of the molecule is CCOC1OC(CO)[C@@H](O)[C@H](O[C@@H]2OC(C)C(O)[C@H](OC3OC(CO)[C@@H](O)[C@H](O[C@@H]4OC(CO)[C@@H](O)[C@H](OC5OC(CO)[C@@H](O)[C@H](O)[C@@H]5O)C4OC4OC(CO)[C@@H](O)[C@H](O)[C@H]4O)[C@H]3O)[C@@H]2O)[C@@H]1O. The Hall–Kier alpha value is -1.20. The standard InChI is InChI=1S/C38H66O30/c1-3-57-33-25(54)29(18(47)12(6-41)59-33)65-36-26(55)28(15(44)9(2)58-36)64-37-27(56)30(19(48)13(7-42)62-37)66-38-32(68-35-24(53)22(51)17(46)11(5-40)61-35)31(20(49)14(8-43)63-38)67-34-23(52)21(50)16(45)10(4-39)60-34/h9-56H,3-8H2,1-2H3/t9?,10?,11?,12?,13?,14?,15?,16-,17-,18-,19-,20-,21+,22+,23+,24-,25+,26+,27-,28+,29+,30+,31+,32?,33?,34?,35?,36+,37?,38+/m1/s1. The van der Waals surface area contributed by atoms with Crippen molar-refractivity contribution in [3.63, 3.8) is 0 Å². The molecule has 6 saturated heterocycles. The second-order valence-electron chi connectivity index (χ2n) is 17.2. The highest BCUT2D eigenvalue weighted by atomic mass is 16.8. The van der Waals surface area contributed by atoms with Crippen LogP contribution in [-0.2, 0) is 56.8 Å². The van der Waals surface area contributed by atoms with Crippen LogP contribution in [0.15, 0.2) is 0 Å². The third kappa shape index (κ3) is 11.4. The van der Waals surface area contributed by atoms with E-state index in [2.05, 4.69) is 0 Å². The summed E-state index contributed by atoms with van der Waals surface area (Å²) < 4.78 is 68.3.